The van der Waals surface area contributed by atoms with Gasteiger partial charge in [-0.1, -0.05) is 37.5 Å². The van der Waals surface area contributed by atoms with Crippen LogP contribution < -0.4 is 10.6 Å². The van der Waals surface area contributed by atoms with Gasteiger partial charge in [0.05, 0.1) is 38.4 Å². The molecule has 3 heterocycles. The number of hydrogen-bond donors (Lipinski definition) is 2. The summed E-state index contributed by atoms with van der Waals surface area (Å²) in [6.45, 7) is 0. The summed E-state index contributed by atoms with van der Waals surface area (Å²) in [4.78, 5) is 58.7. The van der Waals surface area contributed by atoms with Gasteiger partial charge in [-0.25, -0.2) is 24.2 Å². The van der Waals surface area contributed by atoms with Crippen molar-refractivity contribution in [1.29, 1.82) is 0 Å². The maximum absolute atomic E-state index is 13.8. The van der Waals surface area contributed by atoms with Crippen molar-refractivity contribution in [3.63, 3.8) is 0 Å². The Morgan fingerprint density at radius 3 is 2.38 bits per heavy atom. The largest absolute Gasteiger partial charge is 0.467 e. The molecule has 0 radical (unpaired) electrons. The summed E-state index contributed by atoms with van der Waals surface area (Å²) >= 11 is 0. The summed E-state index contributed by atoms with van der Waals surface area (Å²) < 4.78 is 15.1. The molecule has 11 nitrogen and oxygen atoms in total. The van der Waals surface area contributed by atoms with Crippen LogP contribution in [0.5, 0.6) is 0 Å². The van der Waals surface area contributed by atoms with Gasteiger partial charge in [-0.3, -0.25) is 4.90 Å². The number of carbonyl (C=O) groups excluding carboxylic acids is 4. The van der Waals surface area contributed by atoms with E-state index in [-0.39, 0.29) is 29.6 Å². The standard InChI is InChI=1S/C26H30N4O7/c1-35-21(31)17-13-26-15-11-7-8-12-16(15)28-20(26)18(22(32)36-2)19(23(33)37-3)29-24(26)30(17)25(34)27-14-9-5-4-6-10-14/h7-8,11-12,14,17,20,28H,4-6,9-10,13H2,1-3H3,(H,27,34)/t17-,20-,26-/m0/s1. The summed E-state index contributed by atoms with van der Waals surface area (Å²) in [5.41, 5.74) is 0.0518. The van der Waals surface area contributed by atoms with Crippen molar-refractivity contribution >= 4 is 35.5 Å². The second-order valence-electron chi connectivity index (χ2n) is 9.67. The second-order valence-corrected chi connectivity index (χ2v) is 9.67. The fourth-order valence-electron chi connectivity index (χ4n) is 6.17. The van der Waals surface area contributed by atoms with Crippen LogP contribution >= 0.6 is 0 Å². The molecule has 196 valence electrons. The number of amidine groups is 1. The smallest absolute Gasteiger partial charge is 0.357 e. The lowest BCUT2D eigenvalue weighted by Gasteiger charge is -2.37. The normalized spacial score (nSPS) is 26.2. The monoisotopic (exact) mass is 510 g/mol. The average molecular weight is 511 g/mol. The van der Waals surface area contributed by atoms with Gasteiger partial charge in [0.1, 0.15) is 11.9 Å². The van der Waals surface area contributed by atoms with Gasteiger partial charge in [-0.15, -0.1) is 0 Å². The lowest BCUT2D eigenvalue weighted by molar-refractivity contribution is -0.144. The Kier molecular flexibility index (Phi) is 6.38. The molecule has 5 rings (SSSR count). The molecule has 1 saturated heterocycles. The van der Waals surface area contributed by atoms with E-state index in [1.165, 1.54) is 26.2 Å². The number of urea groups is 1. The van der Waals surface area contributed by atoms with Crippen LogP contribution in [0.1, 0.15) is 44.1 Å². The third-order valence-corrected chi connectivity index (χ3v) is 7.82. The number of rotatable bonds is 4. The Morgan fingerprint density at radius 2 is 1.70 bits per heavy atom. The van der Waals surface area contributed by atoms with Gasteiger partial charge in [-0.05, 0) is 30.9 Å². The summed E-state index contributed by atoms with van der Waals surface area (Å²) in [6.07, 6.45) is 4.91. The summed E-state index contributed by atoms with van der Waals surface area (Å²) in [6, 6.07) is 4.98. The molecular weight excluding hydrogens is 480 g/mol. The van der Waals surface area contributed by atoms with Gasteiger partial charge >= 0.3 is 23.9 Å². The quantitative estimate of drug-likeness (QED) is 0.464. The predicted octanol–water partition coefficient (Wildman–Crippen LogP) is 2.02. The van der Waals surface area contributed by atoms with Crippen LogP contribution in [-0.2, 0) is 34.0 Å². The molecule has 1 aliphatic carbocycles. The first-order chi connectivity index (χ1) is 17.9. The molecule has 0 bridgehead atoms. The third kappa shape index (κ3) is 3.75. The van der Waals surface area contributed by atoms with Gasteiger partial charge in [0.25, 0.3) is 0 Å². The van der Waals surface area contributed by atoms with E-state index in [2.05, 4.69) is 15.6 Å². The molecule has 11 heteroatoms. The molecule has 2 fully saturated rings. The zero-order valence-corrected chi connectivity index (χ0v) is 21.0. The molecule has 1 aromatic rings. The summed E-state index contributed by atoms with van der Waals surface area (Å²) in [5.74, 6) is -2.04. The molecule has 0 aromatic heterocycles. The molecule has 37 heavy (non-hydrogen) atoms. The Labute approximate surface area is 214 Å². The van der Waals surface area contributed by atoms with Gasteiger partial charge < -0.3 is 24.8 Å². The number of hydrogen-bond acceptors (Lipinski definition) is 9. The molecule has 0 unspecified atom stereocenters. The van der Waals surface area contributed by atoms with E-state index in [0.717, 1.165) is 37.7 Å². The Bertz CT molecular complexity index is 1220. The molecule has 4 aliphatic rings. The first kappa shape index (κ1) is 24.8. The Morgan fingerprint density at radius 1 is 1.00 bits per heavy atom. The van der Waals surface area contributed by atoms with E-state index in [1.807, 2.05) is 24.3 Å². The van der Waals surface area contributed by atoms with Crippen molar-refractivity contribution < 1.29 is 33.4 Å². The summed E-state index contributed by atoms with van der Waals surface area (Å²) in [5, 5.41) is 6.39. The third-order valence-electron chi connectivity index (χ3n) is 7.82. The van der Waals surface area contributed by atoms with Crippen LogP contribution in [0.25, 0.3) is 0 Å². The topological polar surface area (TPSA) is 136 Å². The van der Waals surface area contributed by atoms with Crippen molar-refractivity contribution in [1.82, 2.24) is 10.2 Å². The number of aliphatic imine (C=N–C) groups is 1. The molecule has 1 spiro atoms. The number of carbonyl (C=O) groups is 4. The van der Waals surface area contributed by atoms with Crippen LogP contribution in [0, 0.1) is 0 Å². The van der Waals surface area contributed by atoms with Crippen LogP contribution in [0.4, 0.5) is 10.5 Å². The van der Waals surface area contributed by atoms with Crippen LogP contribution in [0.3, 0.4) is 0 Å². The highest BCUT2D eigenvalue weighted by atomic mass is 16.5. The zero-order valence-electron chi connectivity index (χ0n) is 21.0. The lowest BCUT2D eigenvalue weighted by Crippen LogP contribution is -2.56. The zero-order chi connectivity index (χ0) is 26.3. The lowest BCUT2D eigenvalue weighted by atomic mass is 9.69. The highest BCUT2D eigenvalue weighted by Crippen LogP contribution is 2.55. The van der Waals surface area contributed by atoms with E-state index in [0.29, 0.717) is 5.69 Å². The summed E-state index contributed by atoms with van der Waals surface area (Å²) in [7, 11) is 3.66. The Hall–Kier alpha value is -3.89. The Balaban J connectivity index is 1.71. The van der Waals surface area contributed by atoms with Crippen LogP contribution in [-0.4, -0.2) is 74.1 Å². The minimum atomic E-state index is -1.11. The molecule has 1 saturated carbocycles. The van der Waals surface area contributed by atoms with Gasteiger partial charge in [0.2, 0.25) is 0 Å². The number of para-hydroxylation sites is 1. The van der Waals surface area contributed by atoms with E-state index in [1.54, 1.807) is 0 Å². The van der Waals surface area contributed by atoms with Gasteiger partial charge in [0.15, 0.2) is 5.70 Å². The molecule has 2 N–H and O–H groups in total. The minimum absolute atomic E-state index is 0.0209. The number of nitrogens with zero attached hydrogens (tertiary/aromatic N) is 2. The molecule has 3 aliphatic heterocycles. The van der Waals surface area contributed by atoms with E-state index >= 15 is 0 Å². The number of methoxy groups -OCH3 is 3. The second kappa shape index (κ2) is 9.53. The number of nitrogens with one attached hydrogen (secondary N) is 2. The predicted molar refractivity (Wildman–Crippen MR) is 132 cm³/mol. The van der Waals surface area contributed by atoms with Crippen molar-refractivity contribution in [2.24, 2.45) is 4.99 Å². The number of likely N-dealkylation sites (tertiary alicyclic amines) is 1. The number of ether oxygens (including phenoxy) is 3. The number of esters is 3. The number of benzene rings is 1. The fraction of sp³-hybridized carbons (Fsp3) is 0.500. The molecule has 1 aromatic carbocycles. The molecule has 2 amide bonds. The first-order valence-corrected chi connectivity index (χ1v) is 12.4. The first-order valence-electron chi connectivity index (χ1n) is 12.4. The van der Waals surface area contributed by atoms with Crippen LogP contribution in [0.15, 0.2) is 40.5 Å². The maximum atomic E-state index is 13.8. The van der Waals surface area contributed by atoms with Crippen molar-refractivity contribution in [2.45, 2.75) is 62.1 Å². The van der Waals surface area contributed by atoms with E-state index in [4.69, 9.17) is 14.2 Å². The number of amides is 2. The van der Waals surface area contributed by atoms with Crippen molar-refractivity contribution in [2.75, 3.05) is 26.6 Å². The highest BCUT2D eigenvalue weighted by molar-refractivity contribution is 6.17. The number of anilines is 1. The van der Waals surface area contributed by atoms with E-state index < -0.39 is 41.4 Å². The number of fused-ring (bicyclic) bond motifs is 1. The average Bonchev–Trinajstić information content (AvgIpc) is 3.45. The molecular formula is C26H30N4O7. The van der Waals surface area contributed by atoms with Gasteiger partial charge in [-0.2, -0.15) is 0 Å². The minimum Gasteiger partial charge on any atom is -0.467 e. The SMILES string of the molecule is COC(=O)C1=C(C(=O)OC)[C@@H]2Nc3ccccc3[C@@]23C[C@@H](C(=O)OC)N(C(=O)NC2CCCCC2)C3=N1. The van der Waals surface area contributed by atoms with Crippen molar-refractivity contribution in [3.8, 4) is 0 Å². The van der Waals surface area contributed by atoms with Crippen LogP contribution in [0.2, 0.25) is 0 Å². The maximum Gasteiger partial charge on any atom is 0.357 e. The fourth-order valence-corrected chi connectivity index (χ4v) is 6.17. The van der Waals surface area contributed by atoms with Gasteiger partial charge in [0, 0.05) is 11.7 Å². The van der Waals surface area contributed by atoms with E-state index in [9.17, 15) is 19.2 Å². The van der Waals surface area contributed by atoms with Crippen molar-refractivity contribution in [3.05, 3.63) is 41.1 Å². The molecule has 3 atom stereocenters. The highest BCUT2D eigenvalue weighted by Gasteiger charge is 2.66.